The number of unbranched alkanes of at least 4 members (excludes halogenated alkanes) is 1. The Kier molecular flexibility index (Phi) is 9.58. The minimum atomic E-state index is -4.42. The number of carbonyl (C=O) groups is 2. The Balaban J connectivity index is 0.947. The third kappa shape index (κ3) is 7.13. The Hall–Kier alpha value is -2.96. The summed E-state index contributed by atoms with van der Waals surface area (Å²) in [5, 5.41) is 16.2. The van der Waals surface area contributed by atoms with E-state index in [1.165, 1.54) is 12.1 Å². The van der Waals surface area contributed by atoms with Crippen LogP contribution in [0, 0.1) is 5.92 Å². The molecule has 6 rings (SSSR count). The average molecular weight is 632 g/mol. The summed E-state index contributed by atoms with van der Waals surface area (Å²) in [7, 11) is 0. The maximum atomic E-state index is 13.6. The van der Waals surface area contributed by atoms with Gasteiger partial charge in [0, 0.05) is 54.2 Å². The van der Waals surface area contributed by atoms with E-state index in [2.05, 4.69) is 26.6 Å². The minimum absolute atomic E-state index is 0.00574. The number of hydrogen-bond donors (Lipinski definition) is 5. The maximum Gasteiger partial charge on any atom is 0.416 e. The number of ether oxygens (including phenoxy) is 1. The Morgan fingerprint density at radius 2 is 1.86 bits per heavy atom. The molecule has 4 aliphatic rings. The molecule has 2 aromatic rings. The van der Waals surface area contributed by atoms with Crippen LogP contribution >= 0.6 is 11.8 Å². The second-order valence-corrected chi connectivity index (χ2v) is 13.4. The summed E-state index contributed by atoms with van der Waals surface area (Å²) in [4.78, 5) is 23.9. The standard InChI is InChI=1S/C32H40F3N5O3S/c33-32(34,35)20-10-13-24-23(16-20)30-22(28(38-24)19-6-2-1-3-7-19)12-11-21(43-30)17-36-14-15-37-27(41)9-5-4-8-26-29-25(18-44-26)39-31(42)40-29/h1-3,6-7,10,13,16,21-22,25-26,28-30,36,38H,4-5,8-9,11-12,14-15,17-18H2,(H,37,41)(H2,39,40,42)/t21-,22+,25-,26-,28+,29-,30+/m1/s1. The molecule has 12 heteroatoms. The van der Waals surface area contributed by atoms with Crippen LogP contribution < -0.4 is 26.6 Å². The van der Waals surface area contributed by atoms with Gasteiger partial charge in [0.15, 0.2) is 0 Å². The molecule has 238 valence electrons. The number of alkyl halides is 3. The Morgan fingerprint density at radius 1 is 1.02 bits per heavy atom. The number of benzene rings is 2. The first kappa shape index (κ1) is 31.0. The van der Waals surface area contributed by atoms with Crippen molar-refractivity contribution >= 4 is 29.4 Å². The van der Waals surface area contributed by atoms with Gasteiger partial charge in [-0.3, -0.25) is 4.79 Å². The van der Waals surface area contributed by atoms with E-state index in [0.29, 0.717) is 42.6 Å². The molecule has 44 heavy (non-hydrogen) atoms. The van der Waals surface area contributed by atoms with Crippen LogP contribution in [0.2, 0.25) is 0 Å². The lowest BCUT2D eigenvalue weighted by Gasteiger charge is -2.46. The Morgan fingerprint density at radius 3 is 2.68 bits per heavy atom. The van der Waals surface area contributed by atoms with E-state index in [0.717, 1.165) is 49.5 Å². The molecular weight excluding hydrogens is 591 g/mol. The monoisotopic (exact) mass is 631 g/mol. The Bertz CT molecular complexity index is 1320. The van der Waals surface area contributed by atoms with Gasteiger partial charge >= 0.3 is 12.2 Å². The van der Waals surface area contributed by atoms with Crippen molar-refractivity contribution in [2.45, 2.75) is 80.3 Å². The van der Waals surface area contributed by atoms with E-state index in [-0.39, 0.29) is 42.1 Å². The quantitative estimate of drug-likeness (QED) is 0.174. The molecule has 5 N–H and O–H groups in total. The number of halogens is 3. The highest BCUT2D eigenvalue weighted by atomic mass is 32.2. The number of amides is 3. The van der Waals surface area contributed by atoms with Gasteiger partial charge in [0.2, 0.25) is 5.91 Å². The molecule has 7 atom stereocenters. The molecule has 8 nitrogen and oxygen atoms in total. The number of anilines is 1. The van der Waals surface area contributed by atoms with E-state index in [1.807, 2.05) is 42.1 Å². The largest absolute Gasteiger partial charge is 0.416 e. The highest BCUT2D eigenvalue weighted by molar-refractivity contribution is 8.00. The van der Waals surface area contributed by atoms with Gasteiger partial charge < -0.3 is 31.3 Å². The molecule has 0 unspecified atom stereocenters. The van der Waals surface area contributed by atoms with Gasteiger partial charge in [-0.2, -0.15) is 24.9 Å². The predicted octanol–water partition coefficient (Wildman–Crippen LogP) is 5.14. The number of fused-ring (bicyclic) bond motifs is 4. The number of urea groups is 1. The van der Waals surface area contributed by atoms with Crippen molar-refractivity contribution in [2.75, 3.05) is 30.7 Å². The molecule has 0 aromatic heterocycles. The molecule has 0 aliphatic carbocycles. The van der Waals surface area contributed by atoms with Gasteiger partial charge in [-0.1, -0.05) is 36.8 Å². The lowest BCUT2D eigenvalue weighted by Crippen LogP contribution is -2.43. The van der Waals surface area contributed by atoms with Crippen LogP contribution in [0.3, 0.4) is 0 Å². The molecule has 0 bridgehead atoms. The van der Waals surface area contributed by atoms with Crippen LogP contribution in [-0.4, -0.2) is 60.8 Å². The third-order valence-electron chi connectivity index (χ3n) is 9.21. The van der Waals surface area contributed by atoms with Crippen LogP contribution in [0.15, 0.2) is 48.5 Å². The highest BCUT2D eigenvalue weighted by Gasteiger charge is 2.44. The second-order valence-electron chi connectivity index (χ2n) is 12.2. The molecule has 2 aromatic carbocycles. The number of hydrogen-bond acceptors (Lipinski definition) is 6. The normalized spacial score (nSPS) is 29.1. The van der Waals surface area contributed by atoms with E-state index in [4.69, 9.17) is 4.74 Å². The SMILES string of the molecule is O=C(CCCC[C@H]1SC[C@H]2NC(=O)N[C@H]21)NCCNC[C@H]1CC[C@@H]2[C@H](O1)c1cc(C(F)(F)F)ccc1N[C@H]2c1ccccc1. The van der Waals surface area contributed by atoms with E-state index >= 15 is 0 Å². The van der Waals surface area contributed by atoms with Gasteiger partial charge in [0.25, 0.3) is 0 Å². The first-order chi connectivity index (χ1) is 21.3. The van der Waals surface area contributed by atoms with Crippen molar-refractivity contribution < 1.29 is 27.5 Å². The van der Waals surface area contributed by atoms with Crippen molar-refractivity contribution in [3.63, 3.8) is 0 Å². The molecule has 0 radical (unpaired) electrons. The maximum absolute atomic E-state index is 13.6. The molecule has 4 heterocycles. The zero-order valence-electron chi connectivity index (χ0n) is 24.5. The third-order valence-corrected chi connectivity index (χ3v) is 10.7. The van der Waals surface area contributed by atoms with Crippen LogP contribution in [-0.2, 0) is 15.7 Å². The summed E-state index contributed by atoms with van der Waals surface area (Å²) >= 11 is 1.88. The molecule has 3 amide bonds. The summed E-state index contributed by atoms with van der Waals surface area (Å²) in [5.41, 5.74) is 1.66. The van der Waals surface area contributed by atoms with Gasteiger partial charge in [0.05, 0.1) is 35.9 Å². The van der Waals surface area contributed by atoms with Crippen molar-refractivity contribution in [2.24, 2.45) is 5.92 Å². The van der Waals surface area contributed by atoms with Crippen molar-refractivity contribution in [3.8, 4) is 0 Å². The van der Waals surface area contributed by atoms with Crippen LogP contribution in [0.25, 0.3) is 0 Å². The zero-order valence-corrected chi connectivity index (χ0v) is 25.3. The summed E-state index contributed by atoms with van der Waals surface area (Å²) in [6.07, 6.45) is -0.199. The minimum Gasteiger partial charge on any atom is -0.378 e. The predicted molar refractivity (Wildman–Crippen MR) is 164 cm³/mol. The van der Waals surface area contributed by atoms with Gasteiger partial charge in [-0.05, 0) is 49.4 Å². The fraction of sp³-hybridized carbons (Fsp3) is 0.562. The molecule has 0 spiro atoms. The van der Waals surface area contributed by atoms with Crippen molar-refractivity contribution in [1.29, 1.82) is 0 Å². The van der Waals surface area contributed by atoms with Gasteiger partial charge in [-0.15, -0.1) is 0 Å². The summed E-state index contributed by atoms with van der Waals surface area (Å²) in [6.45, 7) is 1.63. The van der Waals surface area contributed by atoms with E-state index in [9.17, 15) is 22.8 Å². The van der Waals surface area contributed by atoms with Crippen molar-refractivity contribution in [3.05, 3.63) is 65.2 Å². The number of rotatable bonds is 11. The number of nitrogens with one attached hydrogen (secondary N) is 5. The average Bonchev–Trinajstić information content (AvgIpc) is 3.57. The molecule has 3 fully saturated rings. The first-order valence-electron chi connectivity index (χ1n) is 15.6. The summed E-state index contributed by atoms with van der Waals surface area (Å²) < 4.78 is 47.3. The van der Waals surface area contributed by atoms with E-state index < -0.39 is 17.8 Å². The summed E-state index contributed by atoms with van der Waals surface area (Å²) in [6, 6.07) is 14.2. The van der Waals surface area contributed by atoms with Crippen LogP contribution in [0.5, 0.6) is 0 Å². The van der Waals surface area contributed by atoms with Crippen LogP contribution in [0.1, 0.15) is 67.4 Å². The lowest BCUT2D eigenvalue weighted by molar-refractivity contribution is -0.138. The lowest BCUT2D eigenvalue weighted by atomic mass is 9.76. The number of carbonyl (C=O) groups excluding carboxylic acids is 2. The topological polar surface area (TPSA) is 104 Å². The van der Waals surface area contributed by atoms with Gasteiger partial charge in [-0.25, -0.2) is 4.79 Å². The first-order valence-corrected chi connectivity index (χ1v) is 16.7. The molecular formula is C32H40F3N5O3S. The molecule has 0 saturated carbocycles. The summed E-state index contributed by atoms with van der Waals surface area (Å²) in [5.74, 6) is 0.966. The van der Waals surface area contributed by atoms with Gasteiger partial charge in [0.1, 0.15) is 0 Å². The van der Waals surface area contributed by atoms with Crippen LogP contribution in [0.4, 0.5) is 23.7 Å². The zero-order chi connectivity index (χ0) is 30.7. The number of thioether (sulfide) groups is 1. The molecule has 4 aliphatic heterocycles. The fourth-order valence-corrected chi connectivity index (χ4v) is 8.53. The smallest absolute Gasteiger partial charge is 0.378 e. The Labute approximate surface area is 260 Å². The molecule has 3 saturated heterocycles. The van der Waals surface area contributed by atoms with E-state index in [1.54, 1.807) is 0 Å². The fourth-order valence-electron chi connectivity index (χ4n) is 6.99. The highest BCUT2D eigenvalue weighted by Crippen LogP contribution is 2.51. The van der Waals surface area contributed by atoms with Crippen molar-refractivity contribution in [1.82, 2.24) is 21.3 Å². The second kappa shape index (κ2) is 13.6.